The molecule has 0 aromatic carbocycles. The topological polar surface area (TPSA) is 65.7 Å². The summed E-state index contributed by atoms with van der Waals surface area (Å²) in [5, 5.41) is 19.1. The highest BCUT2D eigenvalue weighted by molar-refractivity contribution is 5.96. The zero-order valence-electron chi connectivity index (χ0n) is 12.6. The van der Waals surface area contributed by atoms with Crippen LogP contribution >= 0.6 is 0 Å². The summed E-state index contributed by atoms with van der Waals surface area (Å²) in [5.74, 6) is -0.0967. The molecule has 2 unspecified atom stereocenters. The Bertz CT molecular complexity index is 507. The molecule has 1 aromatic heterocycles. The monoisotopic (exact) mass is 280 g/mol. The van der Waals surface area contributed by atoms with Crippen molar-refractivity contribution < 1.29 is 15.0 Å². The van der Waals surface area contributed by atoms with E-state index in [1.54, 1.807) is 4.90 Å². The third-order valence-electron chi connectivity index (χ3n) is 4.10. The van der Waals surface area contributed by atoms with E-state index >= 15 is 0 Å². The van der Waals surface area contributed by atoms with Gasteiger partial charge >= 0.3 is 0 Å². The van der Waals surface area contributed by atoms with E-state index in [0.29, 0.717) is 24.6 Å². The average Bonchev–Trinajstić information content (AvgIpc) is 2.88. The van der Waals surface area contributed by atoms with Crippen molar-refractivity contribution in [3.63, 3.8) is 0 Å². The Balaban J connectivity index is 2.32. The fourth-order valence-electron chi connectivity index (χ4n) is 3.26. The van der Waals surface area contributed by atoms with Crippen molar-refractivity contribution >= 4 is 5.91 Å². The zero-order chi connectivity index (χ0) is 15.0. The maximum absolute atomic E-state index is 12.7. The summed E-state index contributed by atoms with van der Waals surface area (Å²) < 4.78 is 2.13. The number of β-amino-alcohol motifs (C(OH)–C–C–N with tert-alkyl or cyclic N) is 1. The van der Waals surface area contributed by atoms with Gasteiger partial charge in [-0.05, 0) is 40.2 Å². The fourth-order valence-corrected chi connectivity index (χ4v) is 3.26. The van der Waals surface area contributed by atoms with Gasteiger partial charge in [-0.1, -0.05) is 0 Å². The van der Waals surface area contributed by atoms with E-state index < -0.39 is 6.10 Å². The minimum Gasteiger partial charge on any atom is -0.394 e. The predicted molar refractivity (Wildman–Crippen MR) is 76.8 cm³/mol. The van der Waals surface area contributed by atoms with E-state index in [9.17, 15) is 15.0 Å². The Labute approximate surface area is 119 Å². The molecule has 20 heavy (non-hydrogen) atoms. The first-order valence-electron chi connectivity index (χ1n) is 7.15. The van der Waals surface area contributed by atoms with Crippen molar-refractivity contribution in [3.8, 4) is 0 Å². The molecule has 2 heterocycles. The molecule has 5 heteroatoms. The van der Waals surface area contributed by atoms with Crippen molar-refractivity contribution in [2.75, 3.05) is 13.2 Å². The summed E-state index contributed by atoms with van der Waals surface area (Å²) in [7, 11) is 0. The van der Waals surface area contributed by atoms with Crippen LogP contribution in [0.1, 0.15) is 48.1 Å². The number of aryl methyl sites for hydroxylation is 1. The standard InChI is InChI=1S/C15H24N2O3/c1-9(2)17-10(3)5-14(11(17)4)15(20)16-7-13(19)6-12(16)8-18/h5,9,12-13,18-19H,6-8H2,1-4H3. The molecule has 1 fully saturated rings. The predicted octanol–water partition coefficient (Wildman–Crippen LogP) is 1.25. The minimum atomic E-state index is -0.537. The molecule has 2 rings (SSSR count). The van der Waals surface area contributed by atoms with Crippen LogP contribution in [-0.4, -0.2) is 50.9 Å². The number of aliphatic hydroxyl groups excluding tert-OH is 2. The normalized spacial score (nSPS) is 22.9. The van der Waals surface area contributed by atoms with Crippen LogP contribution in [0.5, 0.6) is 0 Å². The number of likely N-dealkylation sites (tertiary alicyclic amines) is 1. The molecule has 2 N–H and O–H groups in total. The Morgan fingerprint density at radius 2 is 2.10 bits per heavy atom. The Kier molecular flexibility index (Phi) is 4.20. The maximum Gasteiger partial charge on any atom is 0.256 e. The van der Waals surface area contributed by atoms with E-state index in [0.717, 1.165) is 11.4 Å². The van der Waals surface area contributed by atoms with E-state index in [1.807, 2.05) is 19.9 Å². The highest BCUT2D eigenvalue weighted by atomic mass is 16.3. The second-order valence-corrected chi connectivity index (χ2v) is 5.93. The van der Waals surface area contributed by atoms with Crippen LogP contribution < -0.4 is 0 Å². The zero-order valence-corrected chi connectivity index (χ0v) is 12.6. The largest absolute Gasteiger partial charge is 0.394 e. The van der Waals surface area contributed by atoms with Gasteiger partial charge < -0.3 is 19.7 Å². The molecule has 2 atom stereocenters. The van der Waals surface area contributed by atoms with Gasteiger partial charge in [0.15, 0.2) is 0 Å². The highest BCUT2D eigenvalue weighted by Gasteiger charge is 2.35. The highest BCUT2D eigenvalue weighted by Crippen LogP contribution is 2.25. The Morgan fingerprint density at radius 3 is 2.60 bits per heavy atom. The lowest BCUT2D eigenvalue weighted by Crippen LogP contribution is -2.38. The first kappa shape index (κ1) is 15.1. The number of rotatable bonds is 3. The molecule has 1 aromatic rings. The number of amides is 1. The fraction of sp³-hybridized carbons (Fsp3) is 0.667. The summed E-state index contributed by atoms with van der Waals surface area (Å²) >= 11 is 0. The summed E-state index contributed by atoms with van der Waals surface area (Å²) in [5.41, 5.74) is 2.67. The first-order valence-corrected chi connectivity index (χ1v) is 7.15. The van der Waals surface area contributed by atoms with Gasteiger partial charge in [-0.3, -0.25) is 4.79 Å². The van der Waals surface area contributed by atoms with E-state index in [2.05, 4.69) is 18.4 Å². The summed E-state index contributed by atoms with van der Waals surface area (Å²) in [6.07, 6.45) is -0.0878. The van der Waals surface area contributed by atoms with E-state index in [-0.39, 0.29) is 18.6 Å². The number of hydrogen-bond donors (Lipinski definition) is 2. The molecule has 1 aliphatic rings. The molecular formula is C15H24N2O3. The molecule has 1 saturated heterocycles. The molecule has 0 saturated carbocycles. The van der Waals surface area contributed by atoms with Crippen molar-refractivity contribution in [1.82, 2.24) is 9.47 Å². The Hall–Kier alpha value is -1.33. The van der Waals surface area contributed by atoms with Gasteiger partial charge in [0.05, 0.1) is 24.3 Å². The smallest absolute Gasteiger partial charge is 0.256 e. The number of carbonyl (C=O) groups excluding carboxylic acids is 1. The second-order valence-electron chi connectivity index (χ2n) is 5.93. The molecule has 1 aliphatic heterocycles. The van der Waals surface area contributed by atoms with Crippen LogP contribution in [0.3, 0.4) is 0 Å². The molecule has 0 radical (unpaired) electrons. The molecule has 0 spiro atoms. The van der Waals surface area contributed by atoms with Crippen molar-refractivity contribution in [2.45, 2.75) is 52.3 Å². The molecule has 5 nitrogen and oxygen atoms in total. The SMILES string of the molecule is Cc1cc(C(=O)N2CC(O)CC2CO)c(C)n1C(C)C. The van der Waals surface area contributed by atoms with E-state index in [4.69, 9.17) is 0 Å². The lowest BCUT2D eigenvalue weighted by atomic mass is 10.2. The second kappa shape index (κ2) is 5.58. The summed E-state index contributed by atoms with van der Waals surface area (Å²) in [6.45, 7) is 8.31. The summed E-state index contributed by atoms with van der Waals surface area (Å²) in [6, 6.07) is 1.92. The summed E-state index contributed by atoms with van der Waals surface area (Å²) in [4.78, 5) is 14.3. The van der Waals surface area contributed by atoms with Gasteiger partial charge in [-0.2, -0.15) is 0 Å². The maximum atomic E-state index is 12.7. The van der Waals surface area contributed by atoms with Gasteiger partial charge in [-0.25, -0.2) is 0 Å². The van der Waals surface area contributed by atoms with Crippen molar-refractivity contribution in [1.29, 1.82) is 0 Å². The first-order chi connectivity index (χ1) is 9.36. The molecule has 0 aliphatic carbocycles. The van der Waals surface area contributed by atoms with Crippen LogP contribution in [0.25, 0.3) is 0 Å². The van der Waals surface area contributed by atoms with Crippen LogP contribution in [0.2, 0.25) is 0 Å². The Morgan fingerprint density at radius 1 is 1.45 bits per heavy atom. The van der Waals surface area contributed by atoms with Gasteiger partial charge in [0, 0.05) is 24.0 Å². The van der Waals surface area contributed by atoms with Gasteiger partial charge in [0.1, 0.15) is 0 Å². The van der Waals surface area contributed by atoms with E-state index in [1.165, 1.54) is 0 Å². The average molecular weight is 280 g/mol. The molecule has 112 valence electrons. The van der Waals surface area contributed by atoms with Crippen molar-refractivity contribution in [3.05, 3.63) is 23.0 Å². The molecule has 1 amide bonds. The van der Waals surface area contributed by atoms with Gasteiger partial charge in [0.2, 0.25) is 0 Å². The van der Waals surface area contributed by atoms with Crippen LogP contribution in [0, 0.1) is 13.8 Å². The number of aliphatic hydroxyl groups is 2. The minimum absolute atomic E-state index is 0.0967. The molecule has 0 bridgehead atoms. The third-order valence-corrected chi connectivity index (χ3v) is 4.10. The lowest BCUT2D eigenvalue weighted by Gasteiger charge is -2.23. The van der Waals surface area contributed by atoms with Crippen LogP contribution in [0.4, 0.5) is 0 Å². The quantitative estimate of drug-likeness (QED) is 0.876. The number of hydrogen-bond acceptors (Lipinski definition) is 3. The van der Waals surface area contributed by atoms with Crippen LogP contribution in [0.15, 0.2) is 6.07 Å². The number of carbonyl (C=O) groups is 1. The van der Waals surface area contributed by atoms with Crippen molar-refractivity contribution in [2.24, 2.45) is 0 Å². The lowest BCUT2D eigenvalue weighted by molar-refractivity contribution is 0.0664. The van der Waals surface area contributed by atoms with Gasteiger partial charge in [-0.15, -0.1) is 0 Å². The van der Waals surface area contributed by atoms with Crippen LogP contribution in [-0.2, 0) is 0 Å². The number of aromatic nitrogens is 1. The molecular weight excluding hydrogens is 256 g/mol. The number of nitrogens with zero attached hydrogens (tertiary/aromatic N) is 2. The third kappa shape index (κ3) is 2.47. The van der Waals surface area contributed by atoms with Gasteiger partial charge in [0.25, 0.3) is 5.91 Å².